The number of aliphatic hydroxyl groups is 3. The number of unbranched alkanes of at least 4 members (excludes halogenated alkanes) is 4. The van der Waals surface area contributed by atoms with Crippen molar-refractivity contribution in [2.45, 2.75) is 70.8 Å². The minimum Gasteiger partial charge on any atom is -0.508 e. The Labute approximate surface area is 150 Å². The van der Waals surface area contributed by atoms with Crippen LogP contribution < -0.4 is 0 Å². The Morgan fingerprint density at radius 3 is 2.04 bits per heavy atom. The van der Waals surface area contributed by atoms with Gasteiger partial charge in [-0.15, -0.1) is 0 Å². The van der Waals surface area contributed by atoms with Crippen LogP contribution in [0.3, 0.4) is 0 Å². The van der Waals surface area contributed by atoms with Crippen LogP contribution in [0, 0.1) is 0 Å². The first-order valence-electron chi connectivity index (χ1n) is 9.00. The van der Waals surface area contributed by atoms with Crippen molar-refractivity contribution >= 4 is 5.97 Å². The van der Waals surface area contributed by atoms with E-state index in [1.807, 2.05) is 0 Å². The fourth-order valence-corrected chi connectivity index (χ4v) is 2.26. The van der Waals surface area contributed by atoms with E-state index in [1.54, 1.807) is 6.08 Å². The van der Waals surface area contributed by atoms with E-state index in [-0.39, 0.29) is 17.6 Å². The first-order chi connectivity index (χ1) is 12.0. The van der Waals surface area contributed by atoms with Crippen LogP contribution in [0.2, 0.25) is 0 Å². The van der Waals surface area contributed by atoms with Crippen LogP contribution in [0.25, 0.3) is 0 Å². The van der Waals surface area contributed by atoms with Crippen LogP contribution in [0.15, 0.2) is 48.0 Å². The van der Waals surface area contributed by atoms with Crippen LogP contribution in [0.4, 0.5) is 0 Å². The summed E-state index contributed by atoms with van der Waals surface area (Å²) in [7, 11) is 0. The number of aliphatic hydroxyl groups excluding tert-OH is 3. The van der Waals surface area contributed by atoms with E-state index in [2.05, 4.69) is 6.92 Å². The third kappa shape index (κ3) is 15.3. The normalized spacial score (nSPS) is 14.5. The molecular weight excluding hydrogens is 320 g/mol. The summed E-state index contributed by atoms with van der Waals surface area (Å²) in [6, 6.07) is 0. The average Bonchev–Trinajstić information content (AvgIpc) is 2.57. The monoisotopic (exact) mass is 352 g/mol. The summed E-state index contributed by atoms with van der Waals surface area (Å²) < 4.78 is 0. The third-order valence-electron chi connectivity index (χ3n) is 3.71. The van der Waals surface area contributed by atoms with Gasteiger partial charge in [0.2, 0.25) is 0 Å². The molecule has 0 rings (SSSR count). The summed E-state index contributed by atoms with van der Waals surface area (Å²) in [6.07, 6.45) is 16.1. The van der Waals surface area contributed by atoms with Crippen molar-refractivity contribution in [2.75, 3.05) is 0 Å². The molecule has 0 aliphatic rings. The number of aliphatic carboxylic acids is 1. The van der Waals surface area contributed by atoms with Gasteiger partial charge >= 0.3 is 5.97 Å². The number of hydrogen-bond donors (Lipinski definition) is 4. The van der Waals surface area contributed by atoms with E-state index >= 15 is 0 Å². The van der Waals surface area contributed by atoms with Crippen LogP contribution in [0.1, 0.15) is 64.7 Å². The molecule has 0 heterocycles. The van der Waals surface area contributed by atoms with Gasteiger partial charge in [-0.25, -0.2) is 4.79 Å². The van der Waals surface area contributed by atoms with E-state index < -0.39 is 5.97 Å². The molecule has 0 amide bonds. The molecule has 1 atom stereocenters. The quantitative estimate of drug-likeness (QED) is 0.153. The van der Waals surface area contributed by atoms with Crippen molar-refractivity contribution < 1.29 is 25.2 Å². The van der Waals surface area contributed by atoms with E-state index in [0.29, 0.717) is 6.42 Å². The zero-order valence-electron chi connectivity index (χ0n) is 15.1. The van der Waals surface area contributed by atoms with Gasteiger partial charge in [-0.05, 0) is 25.3 Å². The van der Waals surface area contributed by atoms with Crippen molar-refractivity contribution in [3.8, 4) is 0 Å². The molecule has 0 aromatic heterocycles. The number of allylic oxidation sites excluding steroid dienone is 6. The van der Waals surface area contributed by atoms with Gasteiger partial charge in [0.25, 0.3) is 0 Å². The smallest absolute Gasteiger partial charge is 0.328 e. The van der Waals surface area contributed by atoms with E-state index in [9.17, 15) is 20.1 Å². The minimum atomic E-state index is -1.03. The number of carbonyl (C=O) groups is 1. The number of carboxylic acids is 1. The maximum Gasteiger partial charge on any atom is 0.328 e. The summed E-state index contributed by atoms with van der Waals surface area (Å²) in [6.45, 7) is 2.14. The third-order valence-corrected chi connectivity index (χ3v) is 3.71. The van der Waals surface area contributed by atoms with Gasteiger partial charge in [0, 0.05) is 12.5 Å². The van der Waals surface area contributed by atoms with E-state index in [4.69, 9.17) is 5.11 Å². The summed E-state index contributed by atoms with van der Waals surface area (Å²) >= 11 is 0. The molecule has 0 spiro atoms. The van der Waals surface area contributed by atoms with Gasteiger partial charge in [-0.3, -0.25) is 0 Å². The second-order valence-corrected chi connectivity index (χ2v) is 6.02. The van der Waals surface area contributed by atoms with Gasteiger partial charge in [0.05, 0.1) is 6.10 Å². The van der Waals surface area contributed by atoms with Crippen molar-refractivity contribution in [3.05, 3.63) is 48.0 Å². The molecular formula is C20H32O5. The SMILES string of the molecule is CCCCCC(O)CCCCCC(O)=C(O)C=CC=CC=CC(=O)O. The highest BCUT2D eigenvalue weighted by Crippen LogP contribution is 2.14. The van der Waals surface area contributed by atoms with Crippen molar-refractivity contribution in [1.82, 2.24) is 0 Å². The van der Waals surface area contributed by atoms with E-state index in [0.717, 1.165) is 57.4 Å². The van der Waals surface area contributed by atoms with Crippen LogP contribution in [-0.2, 0) is 4.79 Å². The minimum absolute atomic E-state index is 0.0609. The highest BCUT2D eigenvalue weighted by Gasteiger charge is 2.04. The Morgan fingerprint density at radius 2 is 1.44 bits per heavy atom. The summed E-state index contributed by atoms with van der Waals surface area (Å²) in [5, 5.41) is 37.6. The molecule has 142 valence electrons. The van der Waals surface area contributed by atoms with Gasteiger partial charge in [-0.2, -0.15) is 0 Å². The molecule has 0 bridgehead atoms. The van der Waals surface area contributed by atoms with Gasteiger partial charge < -0.3 is 20.4 Å². The molecule has 5 heteroatoms. The average molecular weight is 352 g/mol. The molecule has 4 N–H and O–H groups in total. The van der Waals surface area contributed by atoms with Gasteiger partial charge in [0.1, 0.15) is 5.76 Å². The Kier molecular flexibility index (Phi) is 14.3. The summed E-state index contributed by atoms with van der Waals surface area (Å²) in [5.74, 6) is -1.27. The maximum absolute atomic E-state index is 10.2. The van der Waals surface area contributed by atoms with Crippen molar-refractivity contribution in [3.63, 3.8) is 0 Å². The Balaban J connectivity index is 3.93. The molecule has 1 unspecified atom stereocenters. The fraction of sp³-hybridized carbons (Fsp3) is 0.550. The maximum atomic E-state index is 10.2. The predicted octanol–water partition coefficient (Wildman–Crippen LogP) is 4.96. The van der Waals surface area contributed by atoms with Gasteiger partial charge in [0.15, 0.2) is 5.76 Å². The molecule has 0 aliphatic heterocycles. The standard InChI is InChI=1S/C20H32O5/c1-2-3-7-12-17(21)13-8-6-10-15-19(23)18(22)14-9-4-5-11-16-20(24)25/h4-5,9,11,14,16-17,21-23H,2-3,6-8,10,12-13,15H2,1H3,(H,24,25). The molecule has 5 nitrogen and oxygen atoms in total. The number of hydrogen-bond acceptors (Lipinski definition) is 4. The highest BCUT2D eigenvalue weighted by atomic mass is 16.4. The first-order valence-corrected chi connectivity index (χ1v) is 9.00. The number of rotatable bonds is 14. The second kappa shape index (κ2) is 15.5. The summed E-state index contributed by atoms with van der Waals surface area (Å²) in [5.41, 5.74) is 0. The molecule has 0 aromatic carbocycles. The zero-order valence-corrected chi connectivity index (χ0v) is 15.1. The van der Waals surface area contributed by atoms with Crippen LogP contribution >= 0.6 is 0 Å². The van der Waals surface area contributed by atoms with Gasteiger partial charge in [-0.1, -0.05) is 63.3 Å². The lowest BCUT2D eigenvalue weighted by atomic mass is 10.0. The molecule has 25 heavy (non-hydrogen) atoms. The predicted molar refractivity (Wildman–Crippen MR) is 101 cm³/mol. The van der Waals surface area contributed by atoms with Crippen LogP contribution in [-0.4, -0.2) is 32.5 Å². The lowest BCUT2D eigenvalue weighted by Crippen LogP contribution is -2.05. The highest BCUT2D eigenvalue weighted by molar-refractivity contribution is 5.80. The molecule has 0 saturated carbocycles. The molecule has 0 saturated heterocycles. The lowest BCUT2D eigenvalue weighted by molar-refractivity contribution is -0.131. The van der Waals surface area contributed by atoms with E-state index in [1.165, 1.54) is 24.3 Å². The Hall–Kier alpha value is -2.01. The van der Waals surface area contributed by atoms with Crippen LogP contribution in [0.5, 0.6) is 0 Å². The fourth-order valence-electron chi connectivity index (χ4n) is 2.26. The Bertz CT molecular complexity index is 474. The molecule has 0 aliphatic carbocycles. The first kappa shape index (κ1) is 23.0. The Morgan fingerprint density at radius 1 is 0.840 bits per heavy atom. The second-order valence-electron chi connectivity index (χ2n) is 6.02. The lowest BCUT2D eigenvalue weighted by Gasteiger charge is -2.09. The zero-order chi connectivity index (χ0) is 18.9. The molecule has 0 aromatic rings. The van der Waals surface area contributed by atoms with Crippen molar-refractivity contribution in [1.29, 1.82) is 0 Å². The largest absolute Gasteiger partial charge is 0.508 e. The summed E-state index contributed by atoms with van der Waals surface area (Å²) in [4.78, 5) is 10.2. The topological polar surface area (TPSA) is 98.0 Å². The molecule has 0 fully saturated rings. The number of carboxylic acid groups (broad SMARTS) is 1. The molecule has 0 radical (unpaired) electrons. The van der Waals surface area contributed by atoms with Crippen molar-refractivity contribution in [2.24, 2.45) is 0 Å².